The van der Waals surface area contributed by atoms with Gasteiger partial charge in [-0.25, -0.2) is 0 Å². The highest BCUT2D eigenvalue weighted by Crippen LogP contribution is 2.28. The second-order valence-electron chi connectivity index (χ2n) is 5.47. The van der Waals surface area contributed by atoms with Crippen LogP contribution in [0.3, 0.4) is 0 Å². The van der Waals surface area contributed by atoms with E-state index in [0.717, 1.165) is 5.92 Å². The molecular formula is C14H25N3. The van der Waals surface area contributed by atoms with E-state index >= 15 is 0 Å². The lowest BCUT2D eigenvalue weighted by molar-refractivity contribution is 0.266. The van der Waals surface area contributed by atoms with Crippen LogP contribution in [0.5, 0.6) is 0 Å². The lowest BCUT2D eigenvalue weighted by atomic mass is 9.84. The number of nitrogens with one attached hydrogen (secondary N) is 1. The molecule has 3 unspecified atom stereocenters. The quantitative estimate of drug-likeness (QED) is 0.869. The van der Waals surface area contributed by atoms with Crippen LogP contribution < -0.4 is 5.32 Å². The first-order valence-electron chi connectivity index (χ1n) is 6.93. The van der Waals surface area contributed by atoms with Gasteiger partial charge in [-0.3, -0.25) is 4.68 Å². The van der Waals surface area contributed by atoms with E-state index in [1.54, 1.807) is 0 Å². The molecule has 0 spiro atoms. The van der Waals surface area contributed by atoms with Crippen LogP contribution in [0.25, 0.3) is 0 Å². The van der Waals surface area contributed by atoms with E-state index in [1.807, 2.05) is 17.9 Å². The molecule has 1 fully saturated rings. The van der Waals surface area contributed by atoms with Crippen LogP contribution >= 0.6 is 0 Å². The average Bonchev–Trinajstić information content (AvgIpc) is 2.76. The van der Waals surface area contributed by atoms with Gasteiger partial charge >= 0.3 is 0 Å². The Morgan fingerprint density at radius 1 is 1.53 bits per heavy atom. The third kappa shape index (κ3) is 3.32. The van der Waals surface area contributed by atoms with Gasteiger partial charge in [0.2, 0.25) is 0 Å². The first kappa shape index (κ1) is 12.6. The van der Waals surface area contributed by atoms with Gasteiger partial charge in [-0.2, -0.15) is 5.10 Å². The second kappa shape index (κ2) is 5.67. The van der Waals surface area contributed by atoms with Gasteiger partial charge in [0.25, 0.3) is 0 Å². The third-order valence-corrected chi connectivity index (χ3v) is 4.07. The Kier molecular flexibility index (Phi) is 4.21. The molecule has 1 N–H and O–H groups in total. The second-order valence-corrected chi connectivity index (χ2v) is 5.47. The van der Waals surface area contributed by atoms with Gasteiger partial charge in [0, 0.05) is 30.9 Å². The van der Waals surface area contributed by atoms with E-state index in [4.69, 9.17) is 0 Å². The summed E-state index contributed by atoms with van der Waals surface area (Å²) >= 11 is 0. The number of hydrogen-bond donors (Lipinski definition) is 1. The zero-order valence-electron chi connectivity index (χ0n) is 11.3. The maximum absolute atomic E-state index is 4.24. The molecule has 3 atom stereocenters. The van der Waals surface area contributed by atoms with Crippen molar-refractivity contribution in [1.29, 1.82) is 0 Å². The molecule has 17 heavy (non-hydrogen) atoms. The van der Waals surface area contributed by atoms with Gasteiger partial charge < -0.3 is 5.32 Å². The lowest BCUT2D eigenvalue weighted by Gasteiger charge is -2.31. The van der Waals surface area contributed by atoms with Gasteiger partial charge in [0.15, 0.2) is 0 Å². The molecule has 1 aliphatic carbocycles. The summed E-state index contributed by atoms with van der Waals surface area (Å²) < 4.78 is 1.88. The number of rotatable bonds is 4. The Bertz CT molecular complexity index is 345. The number of nitrogens with zero attached hydrogens (tertiary/aromatic N) is 2. The van der Waals surface area contributed by atoms with Crippen molar-refractivity contribution in [2.45, 2.75) is 58.0 Å². The molecule has 3 nitrogen and oxygen atoms in total. The van der Waals surface area contributed by atoms with Crippen molar-refractivity contribution in [1.82, 2.24) is 15.1 Å². The largest absolute Gasteiger partial charge is 0.307 e. The minimum Gasteiger partial charge on any atom is -0.307 e. The maximum atomic E-state index is 4.24. The smallest absolute Gasteiger partial charge is 0.0537 e. The highest BCUT2D eigenvalue weighted by molar-refractivity contribution is 5.09. The molecule has 0 bridgehead atoms. The van der Waals surface area contributed by atoms with E-state index < -0.39 is 0 Å². The van der Waals surface area contributed by atoms with E-state index in [1.165, 1.54) is 37.7 Å². The van der Waals surface area contributed by atoms with Crippen LogP contribution in [-0.4, -0.2) is 15.8 Å². The molecule has 0 radical (unpaired) electrons. The molecule has 1 aliphatic rings. The van der Waals surface area contributed by atoms with Crippen LogP contribution in [0.15, 0.2) is 12.4 Å². The summed E-state index contributed by atoms with van der Waals surface area (Å²) in [5.41, 5.74) is 1.30. The summed E-state index contributed by atoms with van der Waals surface area (Å²) in [6, 6.07) is 1.12. The number of aromatic nitrogens is 2. The molecule has 0 saturated heterocycles. The Hall–Kier alpha value is -0.830. The predicted octanol–water partition coefficient (Wildman–Crippen LogP) is 3.04. The fourth-order valence-electron chi connectivity index (χ4n) is 2.93. The molecule has 0 amide bonds. The molecule has 2 rings (SSSR count). The molecule has 1 aromatic rings. The summed E-state index contributed by atoms with van der Waals surface area (Å²) in [6.45, 7) is 4.56. The van der Waals surface area contributed by atoms with E-state index in [2.05, 4.69) is 30.5 Å². The fraction of sp³-hybridized carbons (Fsp3) is 0.786. The number of hydrogen-bond acceptors (Lipinski definition) is 2. The van der Waals surface area contributed by atoms with Crippen LogP contribution in [-0.2, 0) is 7.05 Å². The molecule has 0 aromatic carbocycles. The van der Waals surface area contributed by atoms with E-state index in [9.17, 15) is 0 Å². The zero-order valence-corrected chi connectivity index (χ0v) is 11.3. The van der Waals surface area contributed by atoms with Gasteiger partial charge in [-0.05, 0) is 25.7 Å². The summed E-state index contributed by atoms with van der Waals surface area (Å²) in [4.78, 5) is 0. The summed E-state index contributed by atoms with van der Waals surface area (Å²) in [5.74, 6) is 0.933. The Balaban J connectivity index is 1.87. The molecule has 3 heteroatoms. The van der Waals surface area contributed by atoms with Crippen LogP contribution in [0, 0.1) is 5.92 Å². The van der Waals surface area contributed by atoms with Crippen molar-refractivity contribution >= 4 is 0 Å². The summed E-state index contributed by atoms with van der Waals surface area (Å²) in [6.07, 6.45) is 10.9. The van der Waals surface area contributed by atoms with Gasteiger partial charge in [0.1, 0.15) is 0 Å². The van der Waals surface area contributed by atoms with Crippen molar-refractivity contribution in [3.05, 3.63) is 18.0 Å². The van der Waals surface area contributed by atoms with E-state index in [0.29, 0.717) is 12.1 Å². The normalized spacial score (nSPS) is 27.0. The molecule has 1 saturated carbocycles. The topological polar surface area (TPSA) is 29.9 Å². The van der Waals surface area contributed by atoms with Crippen molar-refractivity contribution < 1.29 is 0 Å². The highest BCUT2D eigenvalue weighted by Gasteiger charge is 2.22. The van der Waals surface area contributed by atoms with Gasteiger partial charge in [-0.15, -0.1) is 0 Å². The lowest BCUT2D eigenvalue weighted by Crippen LogP contribution is -2.35. The molecule has 1 aromatic heterocycles. The standard InChI is InChI=1S/C14H25N3/c1-4-12-6-5-7-14(8-12)16-11(2)13-9-15-17(3)10-13/h9-12,14,16H,4-8H2,1-3H3. The van der Waals surface area contributed by atoms with Crippen molar-refractivity contribution in [2.24, 2.45) is 13.0 Å². The van der Waals surface area contributed by atoms with Crippen molar-refractivity contribution in [3.63, 3.8) is 0 Å². The average molecular weight is 235 g/mol. The van der Waals surface area contributed by atoms with Crippen molar-refractivity contribution in [2.75, 3.05) is 0 Å². The van der Waals surface area contributed by atoms with Crippen LogP contribution in [0.2, 0.25) is 0 Å². The van der Waals surface area contributed by atoms with Crippen molar-refractivity contribution in [3.8, 4) is 0 Å². The molecule has 1 heterocycles. The monoisotopic (exact) mass is 235 g/mol. The number of aryl methyl sites for hydroxylation is 1. The Morgan fingerprint density at radius 2 is 2.35 bits per heavy atom. The maximum Gasteiger partial charge on any atom is 0.0537 e. The third-order valence-electron chi connectivity index (χ3n) is 4.07. The fourth-order valence-corrected chi connectivity index (χ4v) is 2.93. The minimum absolute atomic E-state index is 0.421. The molecular weight excluding hydrogens is 210 g/mol. The van der Waals surface area contributed by atoms with Crippen LogP contribution in [0.4, 0.5) is 0 Å². The minimum atomic E-state index is 0.421. The zero-order chi connectivity index (χ0) is 12.3. The Labute approximate surface area is 105 Å². The van der Waals surface area contributed by atoms with E-state index in [-0.39, 0.29) is 0 Å². The first-order valence-corrected chi connectivity index (χ1v) is 6.93. The predicted molar refractivity (Wildman–Crippen MR) is 70.8 cm³/mol. The van der Waals surface area contributed by atoms with Crippen LogP contribution in [0.1, 0.15) is 57.6 Å². The summed E-state index contributed by atoms with van der Waals surface area (Å²) in [7, 11) is 1.98. The summed E-state index contributed by atoms with van der Waals surface area (Å²) in [5, 5.41) is 8.00. The highest BCUT2D eigenvalue weighted by atomic mass is 15.2. The molecule has 0 aliphatic heterocycles. The SMILES string of the molecule is CCC1CCCC(NC(C)c2cnn(C)c2)C1. The first-order chi connectivity index (χ1) is 8.19. The molecule has 96 valence electrons. The van der Waals surface area contributed by atoms with Gasteiger partial charge in [0.05, 0.1) is 6.20 Å². The van der Waals surface area contributed by atoms with Gasteiger partial charge in [-0.1, -0.05) is 26.2 Å². The Morgan fingerprint density at radius 3 is 3.00 bits per heavy atom.